The predicted molar refractivity (Wildman–Crippen MR) is 121 cm³/mol. The third kappa shape index (κ3) is 6.82. The molecule has 3 aromatic rings. The van der Waals surface area contributed by atoms with Crippen LogP contribution in [0.25, 0.3) is 0 Å². The largest absolute Gasteiger partial charge is 0.457 e. The van der Waals surface area contributed by atoms with Gasteiger partial charge in [-0.25, -0.2) is 4.79 Å². The minimum Gasteiger partial charge on any atom is -0.457 e. The fourth-order valence-electron chi connectivity index (χ4n) is 2.82. The number of ketones is 2. The van der Waals surface area contributed by atoms with Crippen LogP contribution in [-0.4, -0.2) is 17.6 Å². The number of Topliss-reactive ketones (excluding diaryl/α,β-unsaturated/α-hetero) is 2. The van der Waals surface area contributed by atoms with Crippen LogP contribution in [0.3, 0.4) is 0 Å². The van der Waals surface area contributed by atoms with Crippen molar-refractivity contribution in [2.45, 2.75) is 26.7 Å². The van der Waals surface area contributed by atoms with E-state index in [2.05, 4.69) is 10.6 Å². The standard InChI is InChI=1S/C25H24N2O4/c1-17-3-8-20(9-4-17)26-25(30)27-21-10-14-23(15-11-21)31-22-12-6-19(7-13-22)24(29)16-5-18(2)28/h3-4,6-15H,5,16H2,1-2H3,(H2,26,27,30). The number of benzene rings is 3. The van der Waals surface area contributed by atoms with Crippen LogP contribution in [0.2, 0.25) is 0 Å². The summed E-state index contributed by atoms with van der Waals surface area (Å²) in [6.07, 6.45) is 0.460. The van der Waals surface area contributed by atoms with Crippen molar-refractivity contribution in [2.24, 2.45) is 0 Å². The minimum absolute atomic E-state index is 0.00105. The molecule has 0 aliphatic heterocycles. The molecule has 0 aliphatic carbocycles. The van der Waals surface area contributed by atoms with Crippen molar-refractivity contribution in [3.63, 3.8) is 0 Å². The van der Waals surface area contributed by atoms with E-state index in [1.165, 1.54) is 6.92 Å². The highest BCUT2D eigenvalue weighted by Crippen LogP contribution is 2.24. The molecule has 2 amide bonds. The number of hydrogen-bond donors (Lipinski definition) is 2. The Morgan fingerprint density at radius 2 is 1.19 bits per heavy atom. The average Bonchev–Trinajstić information content (AvgIpc) is 2.75. The van der Waals surface area contributed by atoms with Crippen LogP contribution in [0.4, 0.5) is 16.2 Å². The van der Waals surface area contributed by atoms with Gasteiger partial charge >= 0.3 is 6.03 Å². The van der Waals surface area contributed by atoms with Gasteiger partial charge in [0.25, 0.3) is 0 Å². The van der Waals surface area contributed by atoms with Gasteiger partial charge in [0, 0.05) is 29.8 Å². The molecule has 0 unspecified atom stereocenters. The van der Waals surface area contributed by atoms with Crippen molar-refractivity contribution in [1.29, 1.82) is 0 Å². The van der Waals surface area contributed by atoms with Crippen LogP contribution >= 0.6 is 0 Å². The molecule has 0 saturated carbocycles. The van der Waals surface area contributed by atoms with E-state index in [0.29, 0.717) is 28.4 Å². The van der Waals surface area contributed by atoms with Crippen LogP contribution in [0, 0.1) is 6.92 Å². The Morgan fingerprint density at radius 1 is 0.710 bits per heavy atom. The summed E-state index contributed by atoms with van der Waals surface area (Å²) >= 11 is 0. The fraction of sp³-hybridized carbons (Fsp3) is 0.160. The molecule has 0 fully saturated rings. The number of aryl methyl sites for hydroxylation is 1. The topological polar surface area (TPSA) is 84.5 Å². The smallest absolute Gasteiger partial charge is 0.323 e. The number of rotatable bonds is 8. The Labute approximate surface area is 181 Å². The summed E-state index contributed by atoms with van der Waals surface area (Å²) in [5, 5.41) is 5.54. The number of urea groups is 1. The van der Waals surface area contributed by atoms with Crippen molar-refractivity contribution in [3.8, 4) is 11.5 Å². The van der Waals surface area contributed by atoms with Crippen LogP contribution < -0.4 is 15.4 Å². The van der Waals surface area contributed by atoms with Gasteiger partial charge in [-0.05, 0) is 74.5 Å². The molecule has 0 bridgehead atoms. The molecule has 6 heteroatoms. The second-order valence-electron chi connectivity index (χ2n) is 7.22. The third-order valence-corrected chi connectivity index (χ3v) is 4.54. The van der Waals surface area contributed by atoms with Crippen molar-refractivity contribution >= 4 is 29.0 Å². The SMILES string of the molecule is CC(=O)CCC(=O)c1ccc(Oc2ccc(NC(=O)Nc3ccc(C)cc3)cc2)cc1. The maximum absolute atomic E-state index is 12.1. The van der Waals surface area contributed by atoms with Gasteiger partial charge in [0.1, 0.15) is 17.3 Å². The van der Waals surface area contributed by atoms with Crippen LogP contribution in [0.5, 0.6) is 11.5 Å². The van der Waals surface area contributed by atoms with Gasteiger partial charge in [0.05, 0.1) is 0 Å². The van der Waals surface area contributed by atoms with Crippen molar-refractivity contribution in [1.82, 2.24) is 0 Å². The lowest BCUT2D eigenvalue weighted by molar-refractivity contribution is -0.116. The Kier molecular flexibility index (Phi) is 7.17. The van der Waals surface area contributed by atoms with Crippen LogP contribution in [0.1, 0.15) is 35.7 Å². The molecule has 0 aromatic heterocycles. The lowest BCUT2D eigenvalue weighted by Crippen LogP contribution is -2.19. The van der Waals surface area contributed by atoms with Gasteiger partial charge in [-0.2, -0.15) is 0 Å². The first-order chi connectivity index (χ1) is 14.9. The highest BCUT2D eigenvalue weighted by molar-refractivity contribution is 6.00. The van der Waals surface area contributed by atoms with E-state index < -0.39 is 0 Å². The number of ether oxygens (including phenoxy) is 1. The van der Waals surface area contributed by atoms with Gasteiger partial charge in [0.2, 0.25) is 0 Å². The molecule has 0 atom stereocenters. The second-order valence-corrected chi connectivity index (χ2v) is 7.22. The first-order valence-corrected chi connectivity index (χ1v) is 9.94. The van der Waals surface area contributed by atoms with E-state index in [1.54, 1.807) is 48.5 Å². The van der Waals surface area contributed by atoms with E-state index in [-0.39, 0.29) is 30.4 Å². The van der Waals surface area contributed by atoms with Gasteiger partial charge < -0.3 is 20.2 Å². The highest BCUT2D eigenvalue weighted by Gasteiger charge is 2.08. The molecule has 31 heavy (non-hydrogen) atoms. The van der Waals surface area contributed by atoms with Crippen LogP contribution in [0.15, 0.2) is 72.8 Å². The van der Waals surface area contributed by atoms with Crippen molar-refractivity contribution in [2.75, 3.05) is 10.6 Å². The Balaban J connectivity index is 1.53. The number of amides is 2. The number of carbonyl (C=O) groups excluding carboxylic acids is 3. The summed E-state index contributed by atoms with van der Waals surface area (Å²) < 4.78 is 5.78. The number of carbonyl (C=O) groups is 3. The Hall–Kier alpha value is -3.93. The van der Waals surface area contributed by atoms with E-state index in [9.17, 15) is 14.4 Å². The predicted octanol–water partition coefficient (Wildman–Crippen LogP) is 5.98. The summed E-state index contributed by atoms with van der Waals surface area (Å²) in [6.45, 7) is 3.46. The first-order valence-electron chi connectivity index (χ1n) is 9.94. The molecule has 3 rings (SSSR count). The molecule has 3 aromatic carbocycles. The van der Waals surface area contributed by atoms with Gasteiger partial charge in [-0.1, -0.05) is 17.7 Å². The van der Waals surface area contributed by atoms with E-state index >= 15 is 0 Å². The summed E-state index contributed by atoms with van der Waals surface area (Å²) in [4.78, 5) is 35.2. The monoisotopic (exact) mass is 416 g/mol. The highest BCUT2D eigenvalue weighted by atomic mass is 16.5. The van der Waals surface area contributed by atoms with Gasteiger partial charge in [0.15, 0.2) is 5.78 Å². The zero-order chi connectivity index (χ0) is 22.2. The summed E-state index contributed by atoms with van der Waals surface area (Å²) in [7, 11) is 0. The quantitative estimate of drug-likeness (QED) is 0.442. The second kappa shape index (κ2) is 10.2. The molecule has 2 N–H and O–H groups in total. The lowest BCUT2D eigenvalue weighted by Gasteiger charge is -2.10. The minimum atomic E-state index is -0.331. The molecular formula is C25H24N2O4. The maximum Gasteiger partial charge on any atom is 0.323 e. The zero-order valence-corrected chi connectivity index (χ0v) is 17.5. The molecular weight excluding hydrogens is 392 g/mol. The Morgan fingerprint density at radius 3 is 1.71 bits per heavy atom. The molecule has 0 aliphatic rings. The lowest BCUT2D eigenvalue weighted by atomic mass is 10.1. The average molecular weight is 416 g/mol. The van der Waals surface area contributed by atoms with E-state index in [1.807, 2.05) is 31.2 Å². The molecule has 6 nitrogen and oxygen atoms in total. The van der Waals surface area contributed by atoms with Crippen LogP contribution in [-0.2, 0) is 4.79 Å². The first kappa shape index (κ1) is 21.8. The molecule has 0 radical (unpaired) electrons. The zero-order valence-electron chi connectivity index (χ0n) is 17.5. The third-order valence-electron chi connectivity index (χ3n) is 4.54. The van der Waals surface area contributed by atoms with Gasteiger partial charge in [-0.3, -0.25) is 4.79 Å². The normalized spacial score (nSPS) is 10.3. The molecule has 0 heterocycles. The van der Waals surface area contributed by atoms with Crippen molar-refractivity contribution in [3.05, 3.63) is 83.9 Å². The van der Waals surface area contributed by atoms with Gasteiger partial charge in [-0.15, -0.1) is 0 Å². The number of anilines is 2. The fourth-order valence-corrected chi connectivity index (χ4v) is 2.82. The maximum atomic E-state index is 12.1. The molecule has 158 valence electrons. The summed E-state index contributed by atoms with van der Waals surface area (Å²) in [5.41, 5.74) is 3.01. The van der Waals surface area contributed by atoms with Crippen molar-refractivity contribution < 1.29 is 19.1 Å². The number of nitrogens with one attached hydrogen (secondary N) is 2. The molecule has 0 saturated heterocycles. The van der Waals surface area contributed by atoms with E-state index in [0.717, 1.165) is 5.56 Å². The number of hydrogen-bond acceptors (Lipinski definition) is 4. The summed E-state index contributed by atoms with van der Waals surface area (Å²) in [6, 6.07) is 21.0. The Bertz CT molecular complexity index is 1060. The molecule has 0 spiro atoms. The van der Waals surface area contributed by atoms with E-state index in [4.69, 9.17) is 4.74 Å². The summed E-state index contributed by atoms with van der Waals surface area (Å²) in [5.74, 6) is 1.11.